The van der Waals surface area contributed by atoms with E-state index >= 15 is 0 Å². The maximum Gasteiger partial charge on any atom is 0.0700 e. The van der Waals surface area contributed by atoms with Crippen LogP contribution in [0.15, 0.2) is 24.3 Å². The van der Waals surface area contributed by atoms with Gasteiger partial charge >= 0.3 is 0 Å². The molecule has 4 heteroatoms. The van der Waals surface area contributed by atoms with Crippen LogP contribution in [0.3, 0.4) is 0 Å². The number of halogens is 1. The van der Waals surface area contributed by atoms with Gasteiger partial charge in [0.15, 0.2) is 0 Å². The van der Waals surface area contributed by atoms with Gasteiger partial charge in [0.25, 0.3) is 0 Å². The highest BCUT2D eigenvalue weighted by atomic mass is 35.5. The first-order chi connectivity index (χ1) is 9.63. The third kappa shape index (κ3) is 7.25. The summed E-state index contributed by atoms with van der Waals surface area (Å²) in [6, 6.07) is 8.57. The van der Waals surface area contributed by atoms with Crippen molar-refractivity contribution in [2.24, 2.45) is 0 Å². The topological polar surface area (TPSA) is 30.5 Å². The molecule has 114 valence electrons. The van der Waals surface area contributed by atoms with Crippen molar-refractivity contribution in [2.75, 3.05) is 33.5 Å². The first-order valence-electron chi connectivity index (χ1n) is 7.19. The molecule has 0 radical (unpaired) electrons. The summed E-state index contributed by atoms with van der Waals surface area (Å²) < 4.78 is 10.6. The van der Waals surface area contributed by atoms with Gasteiger partial charge in [0.05, 0.1) is 13.2 Å². The van der Waals surface area contributed by atoms with Gasteiger partial charge in [0.2, 0.25) is 0 Å². The Morgan fingerprint density at radius 3 is 2.65 bits per heavy atom. The fourth-order valence-corrected chi connectivity index (χ4v) is 2.19. The largest absolute Gasteiger partial charge is 0.382 e. The molecule has 1 aromatic carbocycles. The van der Waals surface area contributed by atoms with Crippen molar-refractivity contribution in [1.82, 2.24) is 5.32 Å². The van der Waals surface area contributed by atoms with Crippen LogP contribution in [0.5, 0.6) is 0 Å². The maximum atomic E-state index is 6.09. The monoisotopic (exact) mass is 299 g/mol. The van der Waals surface area contributed by atoms with Gasteiger partial charge in [0, 0.05) is 31.3 Å². The van der Waals surface area contributed by atoms with E-state index in [1.54, 1.807) is 7.11 Å². The van der Waals surface area contributed by atoms with E-state index in [0.29, 0.717) is 25.2 Å². The molecule has 0 heterocycles. The highest BCUT2D eigenvalue weighted by molar-refractivity contribution is 6.30. The molecule has 0 saturated heterocycles. The van der Waals surface area contributed by atoms with Crippen molar-refractivity contribution in [1.29, 1.82) is 0 Å². The summed E-state index contributed by atoms with van der Waals surface area (Å²) in [5, 5.41) is 4.28. The Morgan fingerprint density at radius 1 is 1.20 bits per heavy atom. The van der Waals surface area contributed by atoms with Gasteiger partial charge in [-0.15, -0.1) is 0 Å². The summed E-state index contributed by atoms with van der Waals surface area (Å²) in [6.45, 7) is 7.28. The molecule has 0 aliphatic heterocycles. The minimum Gasteiger partial charge on any atom is -0.382 e. The second-order valence-corrected chi connectivity index (χ2v) is 5.65. The number of hydrogen-bond acceptors (Lipinski definition) is 3. The van der Waals surface area contributed by atoms with Crippen molar-refractivity contribution in [2.45, 2.75) is 32.2 Å². The van der Waals surface area contributed by atoms with Gasteiger partial charge in [-0.05, 0) is 30.0 Å². The molecule has 0 aliphatic carbocycles. The van der Waals surface area contributed by atoms with Gasteiger partial charge in [-0.3, -0.25) is 0 Å². The summed E-state index contributed by atoms with van der Waals surface area (Å²) in [5.74, 6) is 0.415. The van der Waals surface area contributed by atoms with Crippen LogP contribution in [0.1, 0.15) is 31.7 Å². The van der Waals surface area contributed by atoms with Crippen molar-refractivity contribution >= 4 is 11.6 Å². The summed E-state index contributed by atoms with van der Waals surface area (Å²) in [7, 11) is 1.69. The van der Waals surface area contributed by atoms with Crippen LogP contribution in [0, 0.1) is 0 Å². The Kier molecular flexibility index (Phi) is 8.86. The van der Waals surface area contributed by atoms with Crippen LogP contribution in [0.2, 0.25) is 5.02 Å². The van der Waals surface area contributed by atoms with Crippen molar-refractivity contribution in [3.63, 3.8) is 0 Å². The van der Waals surface area contributed by atoms with Gasteiger partial charge in [0.1, 0.15) is 0 Å². The molecule has 0 aromatic heterocycles. The van der Waals surface area contributed by atoms with E-state index in [-0.39, 0.29) is 0 Å². The second-order valence-electron chi connectivity index (χ2n) is 5.21. The third-order valence-corrected chi connectivity index (χ3v) is 3.37. The Labute approximate surface area is 127 Å². The average Bonchev–Trinajstić information content (AvgIpc) is 2.41. The number of rotatable bonds is 10. The SMILES string of the molecule is COCCOCCC(CNC(C)C)c1cccc(Cl)c1. The Balaban J connectivity index is 2.51. The Hall–Kier alpha value is -0.610. The molecule has 1 aromatic rings. The van der Waals surface area contributed by atoms with Crippen LogP contribution in [-0.2, 0) is 9.47 Å². The predicted octanol–water partition coefficient (Wildman–Crippen LogP) is 3.47. The van der Waals surface area contributed by atoms with Gasteiger partial charge in [-0.25, -0.2) is 0 Å². The number of ether oxygens (including phenoxy) is 2. The molecule has 0 bridgehead atoms. The number of methoxy groups -OCH3 is 1. The zero-order valence-electron chi connectivity index (χ0n) is 12.7. The lowest BCUT2D eigenvalue weighted by Gasteiger charge is -2.20. The molecule has 0 spiro atoms. The van der Waals surface area contributed by atoms with E-state index in [2.05, 4.69) is 25.2 Å². The van der Waals surface area contributed by atoms with E-state index in [9.17, 15) is 0 Å². The molecular formula is C16H26ClNO2. The van der Waals surface area contributed by atoms with Crippen LogP contribution < -0.4 is 5.32 Å². The lowest BCUT2D eigenvalue weighted by molar-refractivity contribution is 0.0669. The molecule has 20 heavy (non-hydrogen) atoms. The summed E-state index contributed by atoms with van der Waals surface area (Å²) in [6.07, 6.45) is 0.976. The minimum absolute atomic E-state index is 0.415. The average molecular weight is 300 g/mol. The Morgan fingerprint density at radius 2 is 2.00 bits per heavy atom. The lowest BCUT2D eigenvalue weighted by Crippen LogP contribution is -2.28. The zero-order valence-corrected chi connectivity index (χ0v) is 13.5. The first-order valence-corrected chi connectivity index (χ1v) is 7.56. The molecule has 1 rings (SSSR count). The molecule has 3 nitrogen and oxygen atoms in total. The number of benzene rings is 1. The maximum absolute atomic E-state index is 6.09. The molecule has 0 aliphatic rings. The van der Waals surface area contributed by atoms with Gasteiger partial charge in [-0.2, -0.15) is 0 Å². The van der Waals surface area contributed by atoms with E-state index in [0.717, 1.165) is 24.6 Å². The van der Waals surface area contributed by atoms with Crippen molar-refractivity contribution in [3.05, 3.63) is 34.9 Å². The van der Waals surface area contributed by atoms with Crippen molar-refractivity contribution in [3.8, 4) is 0 Å². The summed E-state index contributed by atoms with van der Waals surface area (Å²) >= 11 is 6.09. The number of hydrogen-bond donors (Lipinski definition) is 1. The van der Waals surface area contributed by atoms with E-state index in [4.69, 9.17) is 21.1 Å². The van der Waals surface area contributed by atoms with Crippen LogP contribution >= 0.6 is 11.6 Å². The van der Waals surface area contributed by atoms with E-state index in [1.165, 1.54) is 5.56 Å². The summed E-state index contributed by atoms with van der Waals surface area (Å²) in [5.41, 5.74) is 1.26. The minimum atomic E-state index is 0.415. The van der Waals surface area contributed by atoms with Gasteiger partial charge < -0.3 is 14.8 Å². The Bertz CT molecular complexity index is 371. The van der Waals surface area contributed by atoms with Gasteiger partial charge in [-0.1, -0.05) is 37.6 Å². The highest BCUT2D eigenvalue weighted by Gasteiger charge is 2.12. The molecule has 0 amide bonds. The second kappa shape index (κ2) is 10.2. The molecule has 1 unspecified atom stereocenters. The first kappa shape index (κ1) is 17.4. The molecule has 1 N–H and O–H groups in total. The van der Waals surface area contributed by atoms with Crippen LogP contribution in [-0.4, -0.2) is 39.5 Å². The van der Waals surface area contributed by atoms with E-state index in [1.807, 2.05) is 18.2 Å². The fourth-order valence-electron chi connectivity index (χ4n) is 1.99. The standard InChI is InChI=1S/C16H26ClNO2/c1-13(2)18-12-15(7-8-20-10-9-19-3)14-5-4-6-16(17)11-14/h4-6,11,13,15,18H,7-10,12H2,1-3H3. The smallest absolute Gasteiger partial charge is 0.0700 e. The quantitative estimate of drug-likeness (QED) is 0.671. The molecule has 0 fully saturated rings. The lowest BCUT2D eigenvalue weighted by atomic mass is 9.95. The zero-order chi connectivity index (χ0) is 14.8. The van der Waals surface area contributed by atoms with Crippen molar-refractivity contribution < 1.29 is 9.47 Å². The van der Waals surface area contributed by atoms with Crippen LogP contribution in [0.25, 0.3) is 0 Å². The molecule has 1 atom stereocenters. The van der Waals surface area contributed by atoms with E-state index < -0.39 is 0 Å². The molecule has 0 saturated carbocycles. The number of nitrogens with one attached hydrogen (secondary N) is 1. The summed E-state index contributed by atoms with van der Waals surface area (Å²) in [4.78, 5) is 0. The van der Waals surface area contributed by atoms with Crippen LogP contribution in [0.4, 0.5) is 0 Å². The molecular weight excluding hydrogens is 274 g/mol. The normalized spacial score (nSPS) is 12.8. The third-order valence-electron chi connectivity index (χ3n) is 3.14. The predicted molar refractivity (Wildman–Crippen MR) is 84.6 cm³/mol. The highest BCUT2D eigenvalue weighted by Crippen LogP contribution is 2.22. The fraction of sp³-hybridized carbons (Fsp3) is 0.625.